The molecule has 0 aromatic carbocycles. The van der Waals surface area contributed by atoms with Crippen molar-refractivity contribution in [3.05, 3.63) is 32.1 Å². The highest BCUT2D eigenvalue weighted by molar-refractivity contribution is 6.30. The van der Waals surface area contributed by atoms with Crippen LogP contribution in [0.1, 0.15) is 20.1 Å². The third kappa shape index (κ3) is 2.43. The Hall–Kier alpha value is -1.19. The highest BCUT2D eigenvalue weighted by Crippen LogP contribution is 2.42. The summed E-state index contributed by atoms with van der Waals surface area (Å²) in [4.78, 5) is 25.4. The molecule has 0 bridgehead atoms. The third-order valence-electron chi connectivity index (χ3n) is 3.50. The van der Waals surface area contributed by atoms with Crippen LogP contribution in [0.2, 0.25) is 5.02 Å². The Balaban J connectivity index is 2.01. The standard InChI is InChI=1S/C12H15ClN2O6/c1-12(2)20-7-6(4-16)19-10(8(7)21-12)15-3-5(13)9(17)14-11(15)18/h3,6-8,10,16H,4H2,1-2H3,(H,14,17,18)/t6-,7+,8-,10-/m1/s1. The van der Waals surface area contributed by atoms with Crippen LogP contribution in [-0.2, 0) is 14.2 Å². The number of aliphatic hydroxyl groups is 1. The number of ether oxygens (including phenoxy) is 3. The molecule has 2 aliphatic heterocycles. The van der Waals surface area contributed by atoms with E-state index in [1.807, 2.05) is 0 Å². The van der Waals surface area contributed by atoms with Crippen molar-refractivity contribution in [1.82, 2.24) is 9.55 Å². The van der Waals surface area contributed by atoms with Crippen LogP contribution in [0.25, 0.3) is 0 Å². The predicted octanol–water partition coefficient (Wildman–Crippen LogP) is -0.400. The number of H-pyrrole nitrogens is 1. The number of rotatable bonds is 2. The maximum Gasteiger partial charge on any atom is 0.330 e. The van der Waals surface area contributed by atoms with E-state index in [1.54, 1.807) is 13.8 Å². The van der Waals surface area contributed by atoms with Crippen molar-refractivity contribution in [2.45, 2.75) is 44.2 Å². The number of aliphatic hydroxyl groups excluding tert-OH is 1. The Morgan fingerprint density at radius 2 is 2.05 bits per heavy atom. The summed E-state index contributed by atoms with van der Waals surface area (Å²) in [6, 6.07) is 0. The molecule has 0 unspecified atom stereocenters. The van der Waals surface area contributed by atoms with E-state index in [4.69, 9.17) is 25.8 Å². The van der Waals surface area contributed by atoms with Gasteiger partial charge in [0.05, 0.1) is 6.61 Å². The SMILES string of the molecule is CC1(C)O[C@@H]2[C@@H](O1)[C@@H](CO)O[C@H]2n1cc(Cl)c(=O)[nH]c1=O. The highest BCUT2D eigenvalue weighted by atomic mass is 35.5. The largest absolute Gasteiger partial charge is 0.394 e. The lowest BCUT2D eigenvalue weighted by molar-refractivity contribution is -0.200. The van der Waals surface area contributed by atoms with Gasteiger partial charge in [-0.15, -0.1) is 0 Å². The van der Waals surface area contributed by atoms with Gasteiger partial charge in [0.25, 0.3) is 5.56 Å². The summed E-state index contributed by atoms with van der Waals surface area (Å²) >= 11 is 5.75. The smallest absolute Gasteiger partial charge is 0.330 e. The minimum atomic E-state index is -0.847. The molecule has 0 amide bonds. The maximum atomic E-state index is 11.9. The molecule has 2 aliphatic rings. The van der Waals surface area contributed by atoms with E-state index in [9.17, 15) is 14.7 Å². The number of aromatic amines is 1. The van der Waals surface area contributed by atoms with Gasteiger partial charge in [-0.3, -0.25) is 14.3 Å². The Morgan fingerprint density at radius 1 is 1.38 bits per heavy atom. The van der Waals surface area contributed by atoms with Crippen LogP contribution in [0.4, 0.5) is 0 Å². The van der Waals surface area contributed by atoms with Crippen LogP contribution in [-0.4, -0.2) is 45.4 Å². The van der Waals surface area contributed by atoms with Gasteiger partial charge < -0.3 is 19.3 Å². The van der Waals surface area contributed by atoms with Gasteiger partial charge in [-0.25, -0.2) is 4.79 Å². The van der Waals surface area contributed by atoms with Gasteiger partial charge in [0.1, 0.15) is 23.3 Å². The number of fused-ring (bicyclic) bond motifs is 1. The minimum absolute atomic E-state index is 0.139. The molecule has 0 spiro atoms. The topological polar surface area (TPSA) is 103 Å². The first-order valence-corrected chi connectivity index (χ1v) is 6.83. The van der Waals surface area contributed by atoms with Crippen molar-refractivity contribution in [2.75, 3.05) is 6.61 Å². The molecule has 0 saturated carbocycles. The summed E-state index contributed by atoms with van der Waals surface area (Å²) in [5.74, 6) is -0.847. The number of hydrogen-bond acceptors (Lipinski definition) is 6. The summed E-state index contributed by atoms with van der Waals surface area (Å²) in [6.07, 6.45) is -1.36. The first kappa shape index (κ1) is 14.7. The predicted molar refractivity (Wildman–Crippen MR) is 71.2 cm³/mol. The molecule has 1 aromatic heterocycles. The van der Waals surface area contributed by atoms with Gasteiger partial charge in [-0.2, -0.15) is 0 Å². The van der Waals surface area contributed by atoms with Crippen molar-refractivity contribution < 1.29 is 19.3 Å². The molecule has 0 radical (unpaired) electrons. The zero-order chi connectivity index (χ0) is 15.4. The van der Waals surface area contributed by atoms with Gasteiger partial charge in [0, 0.05) is 6.20 Å². The molecule has 21 heavy (non-hydrogen) atoms. The summed E-state index contributed by atoms with van der Waals surface area (Å²) in [5, 5.41) is 9.25. The van der Waals surface area contributed by atoms with E-state index in [-0.39, 0.29) is 11.6 Å². The molecule has 2 saturated heterocycles. The minimum Gasteiger partial charge on any atom is -0.394 e. The molecule has 0 aliphatic carbocycles. The van der Waals surface area contributed by atoms with Crippen LogP contribution >= 0.6 is 11.6 Å². The van der Waals surface area contributed by atoms with E-state index in [0.29, 0.717) is 0 Å². The third-order valence-corrected chi connectivity index (χ3v) is 3.77. The second-order valence-electron chi connectivity index (χ2n) is 5.46. The van der Waals surface area contributed by atoms with Crippen molar-refractivity contribution >= 4 is 11.6 Å². The summed E-state index contributed by atoms with van der Waals surface area (Å²) in [6.45, 7) is 3.20. The van der Waals surface area contributed by atoms with E-state index in [0.717, 1.165) is 4.57 Å². The van der Waals surface area contributed by atoms with Gasteiger partial charge in [0.15, 0.2) is 12.0 Å². The fourth-order valence-electron chi connectivity index (χ4n) is 2.68. The molecule has 4 atom stereocenters. The first-order valence-electron chi connectivity index (χ1n) is 6.45. The average molecular weight is 319 g/mol. The summed E-state index contributed by atoms with van der Waals surface area (Å²) in [7, 11) is 0. The maximum absolute atomic E-state index is 11.9. The second kappa shape index (κ2) is 4.92. The van der Waals surface area contributed by atoms with Crippen LogP contribution in [0, 0.1) is 0 Å². The molecule has 3 heterocycles. The summed E-state index contributed by atoms with van der Waals surface area (Å²) < 4.78 is 18.2. The molecular weight excluding hydrogens is 304 g/mol. The Labute approximate surface area is 124 Å². The Kier molecular flexibility index (Phi) is 3.45. The second-order valence-corrected chi connectivity index (χ2v) is 5.86. The number of halogens is 1. The van der Waals surface area contributed by atoms with Crippen LogP contribution in [0.3, 0.4) is 0 Å². The van der Waals surface area contributed by atoms with Gasteiger partial charge >= 0.3 is 5.69 Å². The number of aromatic nitrogens is 2. The molecule has 8 nitrogen and oxygen atoms in total. The fourth-order valence-corrected chi connectivity index (χ4v) is 2.83. The monoisotopic (exact) mass is 318 g/mol. The van der Waals surface area contributed by atoms with Crippen molar-refractivity contribution in [3.8, 4) is 0 Å². The highest BCUT2D eigenvalue weighted by Gasteiger charge is 2.55. The average Bonchev–Trinajstić information content (AvgIpc) is 2.87. The van der Waals surface area contributed by atoms with E-state index >= 15 is 0 Å². The van der Waals surface area contributed by atoms with E-state index < -0.39 is 41.6 Å². The quantitative estimate of drug-likeness (QED) is 0.769. The van der Waals surface area contributed by atoms with Crippen molar-refractivity contribution in [2.24, 2.45) is 0 Å². The number of hydrogen-bond donors (Lipinski definition) is 2. The first-order chi connectivity index (χ1) is 9.82. The zero-order valence-corrected chi connectivity index (χ0v) is 12.2. The van der Waals surface area contributed by atoms with Crippen LogP contribution in [0.15, 0.2) is 15.8 Å². The Bertz CT molecular complexity index is 668. The number of nitrogens with one attached hydrogen (secondary N) is 1. The number of nitrogens with zero attached hydrogens (tertiary/aromatic N) is 1. The molecule has 9 heteroatoms. The van der Waals surface area contributed by atoms with Crippen molar-refractivity contribution in [1.29, 1.82) is 0 Å². The zero-order valence-electron chi connectivity index (χ0n) is 11.4. The van der Waals surface area contributed by atoms with Gasteiger partial charge in [-0.1, -0.05) is 11.6 Å². The molecule has 3 rings (SSSR count). The van der Waals surface area contributed by atoms with Gasteiger partial charge in [-0.05, 0) is 13.8 Å². The molecular formula is C12H15ClN2O6. The summed E-state index contributed by atoms with van der Waals surface area (Å²) in [5.41, 5.74) is -1.34. The fraction of sp³-hybridized carbons (Fsp3) is 0.667. The van der Waals surface area contributed by atoms with Crippen LogP contribution < -0.4 is 11.2 Å². The van der Waals surface area contributed by atoms with E-state index in [2.05, 4.69) is 4.98 Å². The lowest BCUT2D eigenvalue weighted by atomic mass is 10.1. The van der Waals surface area contributed by atoms with Crippen molar-refractivity contribution in [3.63, 3.8) is 0 Å². The normalized spacial score (nSPS) is 34.1. The van der Waals surface area contributed by atoms with Gasteiger partial charge in [0.2, 0.25) is 0 Å². The molecule has 116 valence electrons. The lowest BCUT2D eigenvalue weighted by Crippen LogP contribution is -2.37. The van der Waals surface area contributed by atoms with E-state index in [1.165, 1.54) is 6.20 Å². The Morgan fingerprint density at radius 3 is 2.71 bits per heavy atom. The van der Waals surface area contributed by atoms with Crippen LogP contribution in [0.5, 0.6) is 0 Å². The molecule has 2 fully saturated rings. The molecule has 1 aromatic rings. The lowest BCUT2D eigenvalue weighted by Gasteiger charge is -2.24. The molecule has 2 N–H and O–H groups in total.